The number of amidine groups is 1. The number of nitrogens with one attached hydrogen (secondary N) is 1. The highest BCUT2D eigenvalue weighted by molar-refractivity contribution is 5.99. The number of aliphatic imine (C=N–C) groups is 1. The molecule has 3 nitrogen and oxygen atoms in total. The van der Waals surface area contributed by atoms with Gasteiger partial charge in [0.1, 0.15) is 5.84 Å². The van der Waals surface area contributed by atoms with Gasteiger partial charge in [-0.2, -0.15) is 0 Å². The minimum atomic E-state index is 0.981. The summed E-state index contributed by atoms with van der Waals surface area (Å²) in [5.74, 6) is 0.993. The Morgan fingerprint density at radius 3 is 2.45 bits per heavy atom. The summed E-state index contributed by atoms with van der Waals surface area (Å²) in [6.07, 6.45) is 0. The maximum absolute atomic E-state index is 4.68. The average Bonchev–Trinajstić information content (AvgIpc) is 2.83. The summed E-state index contributed by atoms with van der Waals surface area (Å²) >= 11 is 0. The van der Waals surface area contributed by atoms with E-state index in [1.54, 1.807) is 0 Å². The summed E-state index contributed by atoms with van der Waals surface area (Å²) in [6, 6.07) is 16.8. The Hall–Kier alpha value is -2.55. The summed E-state index contributed by atoms with van der Waals surface area (Å²) in [5, 5.41) is 1.22. The van der Waals surface area contributed by atoms with E-state index < -0.39 is 0 Å². The van der Waals surface area contributed by atoms with Crippen LogP contribution in [0.3, 0.4) is 0 Å². The van der Waals surface area contributed by atoms with Gasteiger partial charge < -0.3 is 9.88 Å². The lowest BCUT2D eigenvalue weighted by Gasteiger charge is -2.11. The quantitative estimate of drug-likeness (QED) is 0.536. The normalized spacial score (nSPS) is 11.9. The minimum absolute atomic E-state index is 0.981. The molecule has 0 radical (unpaired) electrons. The SMILES string of the molecule is CC(=Nc1ccc2[nH]c(C)c(-c3ccccc3)c2c1)N(C)C. The van der Waals surface area contributed by atoms with E-state index in [0.29, 0.717) is 0 Å². The first-order valence-electron chi connectivity index (χ1n) is 7.46. The van der Waals surface area contributed by atoms with Crippen molar-refractivity contribution < 1.29 is 0 Å². The van der Waals surface area contributed by atoms with Crippen molar-refractivity contribution in [3.05, 3.63) is 54.2 Å². The van der Waals surface area contributed by atoms with Crippen LogP contribution in [0.15, 0.2) is 53.5 Å². The van der Waals surface area contributed by atoms with Crippen LogP contribution in [-0.2, 0) is 0 Å². The standard InChI is InChI=1S/C19H21N3/c1-13-19(15-8-6-5-7-9-15)17-12-16(10-11-18(17)20-13)21-14(2)22(3)4/h5-12,20H,1-4H3. The molecule has 0 aliphatic carbocycles. The third-order valence-electron chi connectivity index (χ3n) is 3.97. The molecular formula is C19H21N3. The number of benzene rings is 2. The van der Waals surface area contributed by atoms with Crippen molar-refractivity contribution in [1.29, 1.82) is 0 Å². The first kappa shape index (κ1) is 14.4. The van der Waals surface area contributed by atoms with Crippen molar-refractivity contribution in [3.63, 3.8) is 0 Å². The molecule has 0 bridgehead atoms. The number of aromatic amines is 1. The fourth-order valence-corrected chi connectivity index (χ4v) is 2.65. The van der Waals surface area contributed by atoms with Crippen LogP contribution in [0, 0.1) is 6.92 Å². The van der Waals surface area contributed by atoms with Crippen LogP contribution in [0.4, 0.5) is 5.69 Å². The molecule has 0 unspecified atom stereocenters. The molecule has 0 amide bonds. The van der Waals surface area contributed by atoms with Crippen molar-refractivity contribution >= 4 is 22.4 Å². The summed E-state index contributed by atoms with van der Waals surface area (Å²) in [5.41, 5.74) is 5.81. The Bertz CT molecular complexity index is 827. The molecule has 2 aromatic carbocycles. The molecule has 1 N–H and O–H groups in total. The van der Waals surface area contributed by atoms with Crippen LogP contribution in [-0.4, -0.2) is 29.8 Å². The topological polar surface area (TPSA) is 31.4 Å². The Balaban J connectivity index is 2.17. The lowest BCUT2D eigenvalue weighted by molar-refractivity contribution is 0.619. The molecule has 3 rings (SSSR count). The molecule has 1 aromatic heterocycles. The predicted molar refractivity (Wildman–Crippen MR) is 94.9 cm³/mol. The highest BCUT2D eigenvalue weighted by Crippen LogP contribution is 2.34. The van der Waals surface area contributed by atoms with Gasteiger partial charge in [0.15, 0.2) is 0 Å². The van der Waals surface area contributed by atoms with Gasteiger partial charge in [0.25, 0.3) is 0 Å². The zero-order valence-corrected chi connectivity index (χ0v) is 13.5. The molecule has 0 fully saturated rings. The van der Waals surface area contributed by atoms with E-state index in [1.807, 2.05) is 32.0 Å². The summed E-state index contributed by atoms with van der Waals surface area (Å²) in [4.78, 5) is 10.2. The summed E-state index contributed by atoms with van der Waals surface area (Å²) in [7, 11) is 4.01. The zero-order valence-electron chi connectivity index (χ0n) is 13.5. The molecule has 0 aliphatic rings. The highest BCUT2D eigenvalue weighted by Gasteiger charge is 2.10. The first-order valence-corrected chi connectivity index (χ1v) is 7.46. The number of hydrogen-bond donors (Lipinski definition) is 1. The molecular weight excluding hydrogens is 270 g/mol. The van der Waals surface area contributed by atoms with Crippen LogP contribution in [0.5, 0.6) is 0 Å². The Kier molecular flexibility index (Phi) is 3.72. The maximum Gasteiger partial charge on any atom is 0.101 e. The van der Waals surface area contributed by atoms with E-state index in [0.717, 1.165) is 17.0 Å². The monoisotopic (exact) mass is 291 g/mol. The number of H-pyrrole nitrogens is 1. The third kappa shape index (κ3) is 2.62. The molecule has 3 heteroatoms. The molecule has 112 valence electrons. The van der Waals surface area contributed by atoms with E-state index in [4.69, 9.17) is 0 Å². The molecule has 0 spiro atoms. The fourth-order valence-electron chi connectivity index (χ4n) is 2.65. The van der Waals surface area contributed by atoms with Gasteiger partial charge in [-0.1, -0.05) is 30.3 Å². The minimum Gasteiger partial charge on any atom is -0.366 e. The molecule has 22 heavy (non-hydrogen) atoms. The molecule has 1 heterocycles. The third-order valence-corrected chi connectivity index (χ3v) is 3.97. The second-order valence-corrected chi connectivity index (χ2v) is 5.77. The van der Waals surface area contributed by atoms with E-state index in [9.17, 15) is 0 Å². The van der Waals surface area contributed by atoms with Crippen molar-refractivity contribution in [3.8, 4) is 11.1 Å². The Morgan fingerprint density at radius 2 is 1.77 bits per heavy atom. The number of rotatable bonds is 2. The Labute approximate surface area is 131 Å². The molecule has 0 atom stereocenters. The molecule has 0 saturated heterocycles. The summed E-state index contributed by atoms with van der Waals surface area (Å²) < 4.78 is 0. The summed E-state index contributed by atoms with van der Waals surface area (Å²) in [6.45, 7) is 4.14. The zero-order chi connectivity index (χ0) is 15.7. The number of fused-ring (bicyclic) bond motifs is 1. The predicted octanol–water partition coefficient (Wildman–Crippen LogP) is 4.75. The van der Waals surface area contributed by atoms with Crippen LogP contribution in [0.25, 0.3) is 22.0 Å². The number of nitrogens with zero attached hydrogens (tertiary/aromatic N) is 2. The maximum atomic E-state index is 4.68. The van der Waals surface area contributed by atoms with Gasteiger partial charge in [0.05, 0.1) is 5.69 Å². The van der Waals surface area contributed by atoms with Crippen LogP contribution >= 0.6 is 0 Å². The lowest BCUT2D eigenvalue weighted by atomic mass is 10.0. The van der Waals surface area contributed by atoms with Crippen molar-refractivity contribution in [2.75, 3.05) is 14.1 Å². The van der Waals surface area contributed by atoms with Gasteiger partial charge in [-0.25, -0.2) is 4.99 Å². The number of aryl methyl sites for hydroxylation is 1. The molecule has 3 aromatic rings. The van der Waals surface area contributed by atoms with Gasteiger partial charge in [0, 0.05) is 36.3 Å². The molecule has 0 saturated carbocycles. The first-order chi connectivity index (χ1) is 10.6. The van der Waals surface area contributed by atoms with Crippen molar-refractivity contribution in [1.82, 2.24) is 9.88 Å². The van der Waals surface area contributed by atoms with Crippen LogP contribution in [0.1, 0.15) is 12.6 Å². The van der Waals surface area contributed by atoms with Gasteiger partial charge in [0.2, 0.25) is 0 Å². The number of hydrogen-bond acceptors (Lipinski definition) is 1. The van der Waals surface area contributed by atoms with Gasteiger partial charge in [-0.3, -0.25) is 0 Å². The second kappa shape index (κ2) is 5.68. The van der Waals surface area contributed by atoms with Gasteiger partial charge in [-0.05, 0) is 37.6 Å². The Morgan fingerprint density at radius 1 is 1.05 bits per heavy atom. The largest absolute Gasteiger partial charge is 0.366 e. The fraction of sp³-hybridized carbons (Fsp3) is 0.211. The lowest BCUT2D eigenvalue weighted by Crippen LogP contribution is -2.17. The average molecular weight is 291 g/mol. The van der Waals surface area contributed by atoms with Crippen LogP contribution < -0.4 is 0 Å². The van der Waals surface area contributed by atoms with Crippen LogP contribution in [0.2, 0.25) is 0 Å². The van der Waals surface area contributed by atoms with Gasteiger partial charge in [-0.15, -0.1) is 0 Å². The second-order valence-electron chi connectivity index (χ2n) is 5.77. The van der Waals surface area contributed by atoms with Gasteiger partial charge >= 0.3 is 0 Å². The van der Waals surface area contributed by atoms with E-state index in [-0.39, 0.29) is 0 Å². The molecule has 0 aliphatic heterocycles. The van der Waals surface area contributed by atoms with Crippen molar-refractivity contribution in [2.24, 2.45) is 4.99 Å². The van der Waals surface area contributed by atoms with E-state index in [2.05, 4.69) is 59.4 Å². The van der Waals surface area contributed by atoms with Crippen molar-refractivity contribution in [2.45, 2.75) is 13.8 Å². The van der Waals surface area contributed by atoms with E-state index in [1.165, 1.54) is 22.2 Å². The van der Waals surface area contributed by atoms with E-state index >= 15 is 0 Å². The highest BCUT2D eigenvalue weighted by atomic mass is 15.1. The number of aromatic nitrogens is 1. The smallest absolute Gasteiger partial charge is 0.101 e.